The minimum Gasteiger partial charge on any atom is -0.395 e. The van der Waals surface area contributed by atoms with Crippen LogP contribution in [0, 0.1) is 11.3 Å². The molecule has 7 heteroatoms. The topological polar surface area (TPSA) is 106 Å². The third kappa shape index (κ3) is 3.68. The van der Waals surface area contributed by atoms with E-state index in [9.17, 15) is 10.4 Å². The number of nitrogens with one attached hydrogen (secondary N) is 3. The molecule has 2 aromatic carbocycles. The van der Waals surface area contributed by atoms with E-state index in [0.29, 0.717) is 18.1 Å². The zero-order valence-corrected chi connectivity index (χ0v) is 18.1. The summed E-state index contributed by atoms with van der Waals surface area (Å²) in [5.41, 5.74) is 7.15. The Morgan fingerprint density at radius 2 is 2.00 bits per heavy atom. The number of hydrogen-bond donors (Lipinski definition) is 4. The summed E-state index contributed by atoms with van der Waals surface area (Å²) in [7, 11) is 0. The van der Waals surface area contributed by atoms with Crippen LogP contribution in [0.25, 0.3) is 11.3 Å². The highest BCUT2D eigenvalue weighted by Crippen LogP contribution is 2.41. The molecule has 2 aliphatic heterocycles. The normalized spacial score (nSPS) is 19.3. The van der Waals surface area contributed by atoms with Crippen molar-refractivity contribution in [1.82, 2.24) is 15.3 Å². The molecule has 162 valence electrons. The fourth-order valence-electron chi connectivity index (χ4n) is 4.52. The van der Waals surface area contributed by atoms with Crippen LogP contribution in [0.3, 0.4) is 0 Å². The van der Waals surface area contributed by atoms with Crippen molar-refractivity contribution in [3.8, 4) is 17.3 Å². The maximum atomic E-state index is 9.94. The Bertz CT molecular complexity index is 1220. The molecule has 7 nitrogen and oxygen atoms in total. The number of aliphatic hydroxyl groups is 1. The summed E-state index contributed by atoms with van der Waals surface area (Å²) >= 11 is 0. The van der Waals surface area contributed by atoms with Crippen molar-refractivity contribution >= 4 is 17.3 Å². The third-order valence-corrected chi connectivity index (χ3v) is 6.47. The van der Waals surface area contributed by atoms with Crippen molar-refractivity contribution in [2.24, 2.45) is 0 Å². The molecular formula is C25H26N6O. The Morgan fingerprint density at radius 1 is 1.16 bits per heavy atom. The SMILES string of the molecule is CC1(CO)CNc2c(C#N)cc(-c3ccnc(Nc4ccc5c(c4)CCNCC5)n3)cc21. The molecule has 1 atom stereocenters. The van der Waals surface area contributed by atoms with Gasteiger partial charge in [0.05, 0.1) is 23.6 Å². The molecule has 0 bridgehead atoms. The van der Waals surface area contributed by atoms with Crippen molar-refractivity contribution in [2.45, 2.75) is 25.2 Å². The van der Waals surface area contributed by atoms with Crippen molar-refractivity contribution in [2.75, 3.05) is 36.9 Å². The van der Waals surface area contributed by atoms with Crippen molar-refractivity contribution in [3.63, 3.8) is 0 Å². The molecule has 0 amide bonds. The second-order valence-corrected chi connectivity index (χ2v) is 8.75. The van der Waals surface area contributed by atoms with Gasteiger partial charge in [-0.1, -0.05) is 13.0 Å². The van der Waals surface area contributed by atoms with Gasteiger partial charge in [0, 0.05) is 29.4 Å². The summed E-state index contributed by atoms with van der Waals surface area (Å²) in [6, 6.07) is 14.4. The van der Waals surface area contributed by atoms with Gasteiger partial charge in [-0.05, 0) is 73.0 Å². The van der Waals surface area contributed by atoms with E-state index in [1.165, 1.54) is 11.1 Å². The number of fused-ring (bicyclic) bond motifs is 2. The number of hydrogen-bond acceptors (Lipinski definition) is 7. The maximum absolute atomic E-state index is 9.94. The molecule has 1 unspecified atom stereocenters. The van der Waals surface area contributed by atoms with Crippen molar-refractivity contribution in [3.05, 3.63) is 64.8 Å². The molecule has 0 spiro atoms. The van der Waals surface area contributed by atoms with Gasteiger partial charge in [0.15, 0.2) is 0 Å². The Kier molecular flexibility index (Phi) is 5.25. The zero-order chi connectivity index (χ0) is 22.1. The molecule has 2 aliphatic rings. The lowest BCUT2D eigenvalue weighted by atomic mass is 9.83. The predicted molar refractivity (Wildman–Crippen MR) is 125 cm³/mol. The second kappa shape index (κ2) is 8.23. The predicted octanol–water partition coefficient (Wildman–Crippen LogP) is 3.12. The molecule has 32 heavy (non-hydrogen) atoms. The molecule has 3 aromatic rings. The van der Waals surface area contributed by atoms with E-state index < -0.39 is 5.41 Å². The first-order valence-electron chi connectivity index (χ1n) is 11.0. The van der Waals surface area contributed by atoms with Crippen molar-refractivity contribution in [1.29, 1.82) is 5.26 Å². The molecule has 0 saturated heterocycles. The number of nitrogens with zero attached hydrogens (tertiary/aromatic N) is 3. The lowest BCUT2D eigenvalue weighted by Crippen LogP contribution is -2.28. The van der Waals surface area contributed by atoms with Crippen LogP contribution >= 0.6 is 0 Å². The minimum atomic E-state index is -0.429. The lowest BCUT2D eigenvalue weighted by molar-refractivity contribution is 0.219. The molecule has 0 fully saturated rings. The molecule has 0 saturated carbocycles. The van der Waals surface area contributed by atoms with Crippen LogP contribution in [0.2, 0.25) is 0 Å². The average Bonchev–Trinajstić information content (AvgIpc) is 3.00. The van der Waals surface area contributed by atoms with Gasteiger partial charge in [0.25, 0.3) is 0 Å². The maximum Gasteiger partial charge on any atom is 0.227 e. The third-order valence-electron chi connectivity index (χ3n) is 6.47. The summed E-state index contributed by atoms with van der Waals surface area (Å²) in [4.78, 5) is 9.12. The Hall–Kier alpha value is -3.47. The van der Waals surface area contributed by atoms with E-state index in [4.69, 9.17) is 4.98 Å². The smallest absolute Gasteiger partial charge is 0.227 e. The highest BCUT2D eigenvalue weighted by molar-refractivity contribution is 5.76. The molecule has 3 heterocycles. The van der Waals surface area contributed by atoms with Crippen molar-refractivity contribution < 1.29 is 5.11 Å². The number of aromatic nitrogens is 2. The van der Waals surface area contributed by atoms with Crippen LogP contribution in [0.1, 0.15) is 29.2 Å². The molecule has 0 radical (unpaired) electrons. The Labute approximate surface area is 187 Å². The Morgan fingerprint density at radius 3 is 2.81 bits per heavy atom. The van der Waals surface area contributed by atoms with Gasteiger partial charge in [-0.3, -0.25) is 0 Å². The van der Waals surface area contributed by atoms with Crippen LogP contribution < -0.4 is 16.0 Å². The fourth-order valence-corrected chi connectivity index (χ4v) is 4.52. The number of nitriles is 1. The average molecular weight is 427 g/mol. The molecular weight excluding hydrogens is 400 g/mol. The zero-order valence-electron chi connectivity index (χ0n) is 18.1. The van der Waals surface area contributed by atoms with Crippen LogP contribution in [0.5, 0.6) is 0 Å². The van der Waals surface area contributed by atoms with E-state index >= 15 is 0 Å². The van der Waals surface area contributed by atoms with E-state index in [1.54, 1.807) is 6.20 Å². The fraction of sp³-hybridized carbons (Fsp3) is 0.320. The monoisotopic (exact) mass is 426 g/mol. The number of aliphatic hydroxyl groups excluding tert-OH is 1. The molecule has 5 rings (SSSR count). The van der Waals surface area contributed by atoms with E-state index in [2.05, 4.69) is 45.2 Å². The van der Waals surface area contributed by atoms with E-state index in [1.807, 2.05) is 25.1 Å². The first kappa shape index (κ1) is 20.4. The first-order chi connectivity index (χ1) is 15.6. The first-order valence-corrected chi connectivity index (χ1v) is 11.0. The lowest BCUT2D eigenvalue weighted by Gasteiger charge is -2.21. The Balaban J connectivity index is 1.47. The second-order valence-electron chi connectivity index (χ2n) is 8.75. The summed E-state index contributed by atoms with van der Waals surface area (Å²) in [6.45, 7) is 4.61. The molecule has 0 aliphatic carbocycles. The quantitative estimate of drug-likeness (QED) is 0.508. The van der Waals surface area contributed by atoms with Gasteiger partial charge >= 0.3 is 0 Å². The summed E-state index contributed by atoms with van der Waals surface area (Å²) in [6.07, 6.45) is 3.78. The van der Waals surface area contributed by atoms with Gasteiger partial charge in [-0.25, -0.2) is 9.97 Å². The van der Waals surface area contributed by atoms with Crippen LogP contribution in [-0.4, -0.2) is 41.3 Å². The summed E-state index contributed by atoms with van der Waals surface area (Å²) < 4.78 is 0. The minimum absolute atomic E-state index is 0.00570. The van der Waals surface area contributed by atoms with Gasteiger partial charge < -0.3 is 21.1 Å². The largest absolute Gasteiger partial charge is 0.395 e. The van der Waals surface area contributed by atoms with E-state index in [-0.39, 0.29) is 6.61 Å². The van der Waals surface area contributed by atoms with E-state index in [0.717, 1.165) is 54.1 Å². The number of benzene rings is 2. The summed E-state index contributed by atoms with van der Waals surface area (Å²) in [5.74, 6) is 0.510. The number of rotatable bonds is 4. The molecule has 4 N–H and O–H groups in total. The van der Waals surface area contributed by atoms with Gasteiger partial charge in [-0.15, -0.1) is 0 Å². The number of anilines is 3. The highest BCUT2D eigenvalue weighted by Gasteiger charge is 2.35. The standard InChI is InChI=1S/C25H26N6O/c1-25(15-32)14-29-23-19(13-26)10-18(12-21(23)25)22-6-9-28-24(31-22)30-20-3-2-16-4-7-27-8-5-17(16)11-20/h2-3,6,9-12,27,29,32H,4-5,7-8,14-15H2,1H3,(H,28,30,31). The highest BCUT2D eigenvalue weighted by atomic mass is 16.3. The van der Waals surface area contributed by atoms with Gasteiger partial charge in [0.2, 0.25) is 5.95 Å². The van der Waals surface area contributed by atoms with Crippen LogP contribution in [0.4, 0.5) is 17.3 Å². The van der Waals surface area contributed by atoms with Gasteiger partial charge in [-0.2, -0.15) is 5.26 Å². The van der Waals surface area contributed by atoms with Crippen LogP contribution in [0.15, 0.2) is 42.6 Å². The molecule has 1 aromatic heterocycles. The van der Waals surface area contributed by atoms with Crippen LogP contribution in [-0.2, 0) is 18.3 Å². The summed E-state index contributed by atoms with van der Waals surface area (Å²) in [5, 5.41) is 29.7. The van der Waals surface area contributed by atoms with Gasteiger partial charge in [0.1, 0.15) is 6.07 Å².